The molecule has 0 aromatic heterocycles. The van der Waals surface area contributed by atoms with Gasteiger partial charge in [0.25, 0.3) is 0 Å². The van der Waals surface area contributed by atoms with Gasteiger partial charge in [-0.2, -0.15) is 0 Å². The highest BCUT2D eigenvalue weighted by Crippen LogP contribution is 2.31. The molecule has 0 bridgehead atoms. The molecule has 1 atom stereocenters. The standard InChI is InChI=1S/C11H16N2O/c1-14-11-7-8(12)4-5-9(11)10-3-2-6-13-10/h4-5,7,10,13H,2-3,6,12H2,1H3/t10-/m1/s1. The Hall–Kier alpha value is -1.22. The van der Waals surface area contributed by atoms with Crippen molar-refractivity contribution >= 4 is 5.69 Å². The highest BCUT2D eigenvalue weighted by Gasteiger charge is 2.19. The molecule has 0 aliphatic carbocycles. The maximum Gasteiger partial charge on any atom is 0.125 e. The number of nitrogens with two attached hydrogens (primary N) is 1. The Morgan fingerprint density at radius 2 is 2.36 bits per heavy atom. The molecule has 3 heteroatoms. The van der Waals surface area contributed by atoms with Crippen LogP contribution in [-0.4, -0.2) is 13.7 Å². The van der Waals surface area contributed by atoms with Crippen molar-refractivity contribution in [2.75, 3.05) is 19.4 Å². The number of hydrogen-bond acceptors (Lipinski definition) is 3. The van der Waals surface area contributed by atoms with Crippen LogP contribution in [0.1, 0.15) is 24.4 Å². The molecule has 2 rings (SSSR count). The number of ether oxygens (including phenoxy) is 1. The number of nitrogen functional groups attached to an aromatic ring is 1. The first-order valence-electron chi connectivity index (χ1n) is 4.98. The number of methoxy groups -OCH3 is 1. The highest BCUT2D eigenvalue weighted by atomic mass is 16.5. The quantitative estimate of drug-likeness (QED) is 0.701. The van der Waals surface area contributed by atoms with Crippen molar-refractivity contribution in [2.24, 2.45) is 0 Å². The number of benzene rings is 1. The molecule has 1 aromatic rings. The van der Waals surface area contributed by atoms with E-state index >= 15 is 0 Å². The molecule has 14 heavy (non-hydrogen) atoms. The van der Waals surface area contributed by atoms with Crippen molar-refractivity contribution < 1.29 is 4.74 Å². The summed E-state index contributed by atoms with van der Waals surface area (Å²) < 4.78 is 5.32. The van der Waals surface area contributed by atoms with Crippen LogP contribution in [0.2, 0.25) is 0 Å². The van der Waals surface area contributed by atoms with Crippen LogP contribution in [0.4, 0.5) is 5.69 Å². The minimum Gasteiger partial charge on any atom is -0.496 e. The SMILES string of the molecule is COc1cc(N)ccc1[C@H]1CCCN1. The van der Waals surface area contributed by atoms with Gasteiger partial charge in [-0.3, -0.25) is 0 Å². The summed E-state index contributed by atoms with van der Waals surface area (Å²) in [6.45, 7) is 1.10. The van der Waals surface area contributed by atoms with Gasteiger partial charge in [0, 0.05) is 23.4 Å². The minimum atomic E-state index is 0.436. The van der Waals surface area contributed by atoms with Gasteiger partial charge in [-0.25, -0.2) is 0 Å². The molecule has 0 amide bonds. The summed E-state index contributed by atoms with van der Waals surface area (Å²) in [5.41, 5.74) is 7.68. The Labute approximate surface area is 84.3 Å². The van der Waals surface area contributed by atoms with Crippen molar-refractivity contribution in [3.63, 3.8) is 0 Å². The summed E-state index contributed by atoms with van der Waals surface area (Å²) in [5, 5.41) is 3.45. The fourth-order valence-corrected chi connectivity index (χ4v) is 1.97. The molecule has 0 radical (unpaired) electrons. The third-order valence-corrected chi connectivity index (χ3v) is 2.69. The molecule has 1 aliphatic rings. The van der Waals surface area contributed by atoms with E-state index in [1.807, 2.05) is 12.1 Å². The second kappa shape index (κ2) is 3.88. The first-order chi connectivity index (χ1) is 6.81. The molecule has 0 saturated carbocycles. The Morgan fingerprint density at radius 3 is 3.00 bits per heavy atom. The van der Waals surface area contributed by atoms with Crippen LogP contribution in [0.15, 0.2) is 18.2 Å². The average molecular weight is 192 g/mol. The Kier molecular flexibility index (Phi) is 2.59. The van der Waals surface area contributed by atoms with Crippen LogP contribution in [-0.2, 0) is 0 Å². The van der Waals surface area contributed by atoms with Gasteiger partial charge in [-0.05, 0) is 25.5 Å². The molecular formula is C11H16N2O. The Balaban J connectivity index is 2.31. The predicted molar refractivity (Wildman–Crippen MR) is 57.4 cm³/mol. The van der Waals surface area contributed by atoms with Gasteiger partial charge in [0.05, 0.1) is 7.11 Å². The lowest BCUT2D eigenvalue weighted by Crippen LogP contribution is -2.13. The monoisotopic (exact) mass is 192 g/mol. The lowest BCUT2D eigenvalue weighted by atomic mass is 10.0. The van der Waals surface area contributed by atoms with Crippen LogP contribution >= 0.6 is 0 Å². The van der Waals surface area contributed by atoms with Crippen LogP contribution in [0.5, 0.6) is 5.75 Å². The molecule has 3 nitrogen and oxygen atoms in total. The van der Waals surface area contributed by atoms with E-state index in [4.69, 9.17) is 10.5 Å². The van der Waals surface area contributed by atoms with Crippen molar-refractivity contribution in [1.82, 2.24) is 5.32 Å². The van der Waals surface area contributed by atoms with E-state index in [2.05, 4.69) is 11.4 Å². The Bertz CT molecular complexity index is 319. The molecule has 0 unspecified atom stereocenters. The zero-order valence-electron chi connectivity index (χ0n) is 8.42. The predicted octanol–water partition coefficient (Wildman–Crippen LogP) is 1.70. The summed E-state index contributed by atoms with van der Waals surface area (Å²) in [6, 6.07) is 6.30. The lowest BCUT2D eigenvalue weighted by Gasteiger charge is -2.15. The van der Waals surface area contributed by atoms with E-state index in [1.54, 1.807) is 7.11 Å². The average Bonchev–Trinajstić information content (AvgIpc) is 2.70. The van der Waals surface area contributed by atoms with Crippen LogP contribution < -0.4 is 15.8 Å². The third-order valence-electron chi connectivity index (χ3n) is 2.69. The number of anilines is 1. The summed E-state index contributed by atoms with van der Waals surface area (Å²) >= 11 is 0. The topological polar surface area (TPSA) is 47.3 Å². The molecule has 1 saturated heterocycles. The minimum absolute atomic E-state index is 0.436. The van der Waals surface area contributed by atoms with Crippen LogP contribution in [0.3, 0.4) is 0 Å². The van der Waals surface area contributed by atoms with Crippen LogP contribution in [0, 0.1) is 0 Å². The second-order valence-electron chi connectivity index (χ2n) is 3.65. The van der Waals surface area contributed by atoms with E-state index in [9.17, 15) is 0 Å². The molecular weight excluding hydrogens is 176 g/mol. The highest BCUT2D eigenvalue weighted by molar-refractivity contribution is 5.49. The molecule has 1 heterocycles. The van der Waals surface area contributed by atoms with E-state index in [-0.39, 0.29) is 0 Å². The van der Waals surface area contributed by atoms with Gasteiger partial charge < -0.3 is 15.8 Å². The molecule has 1 fully saturated rings. The van der Waals surface area contributed by atoms with Gasteiger partial charge in [0.15, 0.2) is 0 Å². The van der Waals surface area contributed by atoms with Crippen molar-refractivity contribution in [1.29, 1.82) is 0 Å². The number of hydrogen-bond donors (Lipinski definition) is 2. The van der Waals surface area contributed by atoms with Crippen molar-refractivity contribution in [2.45, 2.75) is 18.9 Å². The maximum absolute atomic E-state index is 5.70. The van der Waals surface area contributed by atoms with Gasteiger partial charge in [0.1, 0.15) is 5.75 Å². The zero-order chi connectivity index (χ0) is 9.97. The fraction of sp³-hybridized carbons (Fsp3) is 0.455. The normalized spacial score (nSPS) is 21.1. The largest absolute Gasteiger partial charge is 0.496 e. The number of nitrogens with one attached hydrogen (secondary N) is 1. The first-order valence-corrected chi connectivity index (χ1v) is 4.98. The Morgan fingerprint density at radius 1 is 1.50 bits per heavy atom. The molecule has 3 N–H and O–H groups in total. The molecule has 76 valence electrons. The van der Waals surface area contributed by atoms with Crippen molar-refractivity contribution in [3.8, 4) is 5.75 Å². The molecule has 1 aliphatic heterocycles. The van der Waals surface area contributed by atoms with Crippen molar-refractivity contribution in [3.05, 3.63) is 23.8 Å². The third kappa shape index (κ3) is 1.68. The van der Waals surface area contributed by atoms with E-state index < -0.39 is 0 Å². The summed E-state index contributed by atoms with van der Waals surface area (Å²) in [7, 11) is 1.69. The van der Waals surface area contributed by atoms with Crippen LogP contribution in [0.25, 0.3) is 0 Å². The summed E-state index contributed by atoms with van der Waals surface area (Å²) in [6.07, 6.45) is 2.42. The molecule has 1 aromatic carbocycles. The van der Waals surface area contributed by atoms with E-state index in [0.717, 1.165) is 18.0 Å². The van der Waals surface area contributed by atoms with Gasteiger partial charge in [-0.15, -0.1) is 0 Å². The first kappa shape index (κ1) is 9.34. The van der Waals surface area contributed by atoms with E-state index in [1.165, 1.54) is 18.4 Å². The van der Waals surface area contributed by atoms with E-state index in [0.29, 0.717) is 6.04 Å². The number of rotatable bonds is 2. The smallest absolute Gasteiger partial charge is 0.125 e. The maximum atomic E-state index is 5.70. The zero-order valence-corrected chi connectivity index (χ0v) is 8.42. The lowest BCUT2D eigenvalue weighted by molar-refractivity contribution is 0.403. The summed E-state index contributed by atoms with van der Waals surface area (Å²) in [4.78, 5) is 0. The molecule has 0 spiro atoms. The second-order valence-corrected chi connectivity index (χ2v) is 3.65. The van der Waals surface area contributed by atoms with Gasteiger partial charge >= 0.3 is 0 Å². The van der Waals surface area contributed by atoms with Gasteiger partial charge in [0.2, 0.25) is 0 Å². The van der Waals surface area contributed by atoms with Gasteiger partial charge in [-0.1, -0.05) is 6.07 Å². The fourth-order valence-electron chi connectivity index (χ4n) is 1.97. The summed E-state index contributed by atoms with van der Waals surface area (Å²) in [5.74, 6) is 0.893.